The van der Waals surface area contributed by atoms with E-state index in [0.717, 1.165) is 16.6 Å². The van der Waals surface area contributed by atoms with E-state index in [4.69, 9.17) is 4.74 Å². The quantitative estimate of drug-likeness (QED) is 0.683. The van der Waals surface area contributed by atoms with Gasteiger partial charge in [0.25, 0.3) is 0 Å². The van der Waals surface area contributed by atoms with Gasteiger partial charge in [-0.05, 0) is 25.1 Å². The van der Waals surface area contributed by atoms with Crippen LogP contribution in [0.3, 0.4) is 0 Å². The van der Waals surface area contributed by atoms with Crippen molar-refractivity contribution in [2.24, 2.45) is 0 Å². The molecule has 2 heterocycles. The van der Waals surface area contributed by atoms with Crippen LogP contribution in [0.4, 0.5) is 0 Å². The number of benzene rings is 1. The lowest BCUT2D eigenvalue weighted by Crippen LogP contribution is -2.09. The van der Waals surface area contributed by atoms with Crippen molar-refractivity contribution in [3.8, 4) is 5.75 Å². The fourth-order valence-corrected chi connectivity index (χ4v) is 3.78. The smallest absolute Gasteiger partial charge is 0.197 e. The first-order valence-electron chi connectivity index (χ1n) is 7.75. The highest BCUT2D eigenvalue weighted by atomic mass is 32.2. The average Bonchev–Trinajstić information content (AvgIpc) is 3.02. The summed E-state index contributed by atoms with van der Waals surface area (Å²) in [5.41, 5.74) is 3.20. The highest BCUT2D eigenvalue weighted by Gasteiger charge is 2.14. The Bertz CT molecular complexity index is 907. The van der Waals surface area contributed by atoms with Crippen LogP contribution < -0.4 is 4.74 Å². The van der Waals surface area contributed by atoms with E-state index in [2.05, 4.69) is 15.0 Å². The summed E-state index contributed by atoms with van der Waals surface area (Å²) < 4.78 is 29.4. The third kappa shape index (κ3) is 4.32. The number of nitrogens with one attached hydrogen (secondary N) is 1. The number of hydrogen-bond donors (Lipinski definition) is 1. The molecule has 0 aliphatic carbocycles. The molecule has 0 aliphatic heterocycles. The number of aromatic amines is 1. The monoisotopic (exact) mass is 377 g/mol. The molecule has 0 fully saturated rings. The Balaban J connectivity index is 1.75. The van der Waals surface area contributed by atoms with Gasteiger partial charge in [0.15, 0.2) is 5.16 Å². The number of ether oxygens (including phenoxy) is 1. The second-order valence-electron chi connectivity index (χ2n) is 5.56. The van der Waals surface area contributed by atoms with Crippen LogP contribution in [0.15, 0.2) is 41.7 Å². The minimum absolute atomic E-state index is 0.253. The van der Waals surface area contributed by atoms with E-state index >= 15 is 0 Å². The summed E-state index contributed by atoms with van der Waals surface area (Å²) in [4.78, 5) is 11.8. The number of nitrogens with zero attached hydrogens (tertiary/aromatic N) is 2. The first-order chi connectivity index (χ1) is 12.0. The van der Waals surface area contributed by atoms with Crippen LogP contribution in [0, 0.1) is 6.92 Å². The minimum Gasteiger partial charge on any atom is -0.492 e. The predicted octanol–water partition coefficient (Wildman–Crippen LogP) is 2.33. The second-order valence-corrected chi connectivity index (χ2v) is 8.48. The molecule has 3 aromatic rings. The maximum absolute atomic E-state index is 12.6. The second kappa shape index (κ2) is 7.88. The third-order valence-corrected chi connectivity index (χ3v) is 5.64. The number of imidazole rings is 1. The van der Waals surface area contributed by atoms with Crippen molar-refractivity contribution in [3.63, 3.8) is 0 Å². The van der Waals surface area contributed by atoms with Gasteiger partial charge in [-0.25, -0.2) is 4.98 Å². The fourth-order valence-electron chi connectivity index (χ4n) is 2.36. The van der Waals surface area contributed by atoms with Gasteiger partial charge < -0.3 is 9.72 Å². The van der Waals surface area contributed by atoms with Gasteiger partial charge in [0, 0.05) is 28.8 Å². The van der Waals surface area contributed by atoms with E-state index in [0.29, 0.717) is 29.0 Å². The van der Waals surface area contributed by atoms with Gasteiger partial charge in [-0.3, -0.25) is 13.4 Å². The van der Waals surface area contributed by atoms with Crippen LogP contribution in [-0.4, -0.2) is 42.0 Å². The largest absolute Gasteiger partial charge is 0.492 e. The molecule has 6 nitrogen and oxygen atoms in total. The molecule has 2 aromatic heterocycles. The van der Waals surface area contributed by atoms with Crippen molar-refractivity contribution in [3.05, 3.63) is 47.8 Å². The van der Waals surface area contributed by atoms with Gasteiger partial charge >= 0.3 is 0 Å². The predicted molar refractivity (Wildman–Crippen MR) is 99.6 cm³/mol. The summed E-state index contributed by atoms with van der Waals surface area (Å²) in [6.45, 7) is 2.26. The van der Waals surface area contributed by atoms with Crippen LogP contribution in [-0.2, 0) is 27.4 Å². The average molecular weight is 377 g/mol. The van der Waals surface area contributed by atoms with E-state index in [1.807, 2.05) is 31.2 Å². The van der Waals surface area contributed by atoms with Gasteiger partial charge in [0.1, 0.15) is 5.75 Å². The SMILES string of the molecule is Cc1c(OCCS(C)=O)ccnc1CS(=O)c1nc2ccccc2[nH]1. The van der Waals surface area contributed by atoms with Gasteiger partial charge in [-0.1, -0.05) is 12.1 Å². The number of H-pyrrole nitrogens is 1. The van der Waals surface area contributed by atoms with Gasteiger partial charge in [0.05, 0.1) is 45.6 Å². The van der Waals surface area contributed by atoms with Crippen LogP contribution >= 0.6 is 0 Å². The molecule has 8 heteroatoms. The maximum Gasteiger partial charge on any atom is 0.197 e. The first-order valence-corrected chi connectivity index (χ1v) is 10.8. The Morgan fingerprint density at radius 2 is 2.00 bits per heavy atom. The lowest BCUT2D eigenvalue weighted by molar-refractivity contribution is 0.339. The lowest BCUT2D eigenvalue weighted by Gasteiger charge is -2.11. The van der Waals surface area contributed by atoms with Crippen LogP contribution in [0.5, 0.6) is 5.75 Å². The molecule has 0 saturated carbocycles. The zero-order chi connectivity index (χ0) is 17.8. The molecular formula is C17H19N3O3S2. The summed E-state index contributed by atoms with van der Waals surface area (Å²) in [5, 5.41) is 0.440. The highest BCUT2D eigenvalue weighted by Crippen LogP contribution is 2.22. The molecule has 2 unspecified atom stereocenters. The van der Waals surface area contributed by atoms with Crippen molar-refractivity contribution >= 4 is 32.6 Å². The number of rotatable bonds is 7. The van der Waals surface area contributed by atoms with Crippen molar-refractivity contribution < 1.29 is 13.2 Å². The summed E-state index contributed by atoms with van der Waals surface area (Å²) in [5.74, 6) is 1.40. The fraction of sp³-hybridized carbons (Fsp3) is 0.294. The van der Waals surface area contributed by atoms with Gasteiger partial charge in [-0.2, -0.15) is 0 Å². The zero-order valence-corrected chi connectivity index (χ0v) is 15.7. The Labute approximate surface area is 151 Å². The zero-order valence-electron chi connectivity index (χ0n) is 14.0. The third-order valence-electron chi connectivity index (χ3n) is 3.74. The summed E-state index contributed by atoms with van der Waals surface area (Å²) >= 11 is 0. The molecule has 0 amide bonds. The molecule has 2 atom stereocenters. The van der Waals surface area contributed by atoms with Crippen molar-refractivity contribution in [2.75, 3.05) is 18.6 Å². The lowest BCUT2D eigenvalue weighted by atomic mass is 10.2. The normalized spacial score (nSPS) is 13.7. The minimum atomic E-state index is -1.33. The topological polar surface area (TPSA) is 84.9 Å². The molecule has 25 heavy (non-hydrogen) atoms. The number of aromatic nitrogens is 3. The number of pyridine rings is 1. The van der Waals surface area contributed by atoms with Crippen LogP contribution in [0.2, 0.25) is 0 Å². The van der Waals surface area contributed by atoms with E-state index < -0.39 is 21.6 Å². The molecule has 0 bridgehead atoms. The van der Waals surface area contributed by atoms with Crippen molar-refractivity contribution in [1.29, 1.82) is 0 Å². The number of hydrogen-bond acceptors (Lipinski definition) is 5. The first kappa shape index (κ1) is 17.8. The van der Waals surface area contributed by atoms with E-state index in [1.165, 1.54) is 0 Å². The Kier molecular flexibility index (Phi) is 5.60. The highest BCUT2D eigenvalue weighted by molar-refractivity contribution is 7.84. The Hall–Kier alpha value is -2.06. The van der Waals surface area contributed by atoms with Crippen LogP contribution in [0.25, 0.3) is 11.0 Å². The molecular weight excluding hydrogens is 358 g/mol. The maximum atomic E-state index is 12.6. The summed E-state index contributed by atoms with van der Waals surface area (Å²) in [7, 11) is -2.23. The van der Waals surface area contributed by atoms with Crippen molar-refractivity contribution in [2.45, 2.75) is 17.8 Å². The van der Waals surface area contributed by atoms with Crippen molar-refractivity contribution in [1.82, 2.24) is 15.0 Å². The molecule has 1 N–H and O–H groups in total. The van der Waals surface area contributed by atoms with E-state index in [-0.39, 0.29) is 5.75 Å². The Morgan fingerprint density at radius 3 is 2.76 bits per heavy atom. The molecule has 0 saturated heterocycles. The molecule has 1 aromatic carbocycles. The number of para-hydroxylation sites is 2. The molecule has 0 aliphatic rings. The molecule has 3 rings (SSSR count). The Morgan fingerprint density at radius 1 is 1.20 bits per heavy atom. The number of fused-ring (bicyclic) bond motifs is 1. The standard InChI is InChI=1S/C17H19N3O3S2/c1-12-15(18-8-7-16(12)23-9-10-24(2)21)11-25(22)17-19-13-5-3-4-6-14(13)20-17/h3-8H,9-11H2,1-2H3,(H,19,20). The summed E-state index contributed by atoms with van der Waals surface area (Å²) in [6.07, 6.45) is 3.28. The molecule has 132 valence electrons. The molecule has 0 spiro atoms. The summed E-state index contributed by atoms with van der Waals surface area (Å²) in [6, 6.07) is 9.34. The van der Waals surface area contributed by atoms with Gasteiger partial charge in [-0.15, -0.1) is 0 Å². The van der Waals surface area contributed by atoms with E-state index in [1.54, 1.807) is 18.5 Å². The van der Waals surface area contributed by atoms with E-state index in [9.17, 15) is 8.42 Å². The van der Waals surface area contributed by atoms with Crippen LogP contribution in [0.1, 0.15) is 11.3 Å². The molecule has 0 radical (unpaired) electrons. The van der Waals surface area contributed by atoms with Gasteiger partial charge in [0.2, 0.25) is 0 Å².